The first-order valence-corrected chi connectivity index (χ1v) is 5.44. The zero-order valence-corrected chi connectivity index (χ0v) is 10.2. The van der Waals surface area contributed by atoms with Crippen molar-refractivity contribution < 1.29 is 19.4 Å². The van der Waals surface area contributed by atoms with Crippen molar-refractivity contribution in [3.8, 4) is 5.75 Å². The summed E-state index contributed by atoms with van der Waals surface area (Å²) < 4.78 is 4.62. The van der Waals surface area contributed by atoms with E-state index in [9.17, 15) is 14.7 Å². The molecule has 0 saturated heterocycles. The SMILES string of the molecule is Cc1c(C)c(O)c2c(c1C)[C@@H](C)C(=O)OC2=O. The van der Waals surface area contributed by atoms with Crippen LogP contribution in [0.1, 0.15) is 45.5 Å². The number of phenols is 1. The Morgan fingerprint density at radius 3 is 2.24 bits per heavy atom. The molecule has 4 heteroatoms. The summed E-state index contributed by atoms with van der Waals surface area (Å²) in [7, 11) is 0. The smallest absolute Gasteiger partial charge is 0.349 e. The lowest BCUT2D eigenvalue weighted by Gasteiger charge is -2.25. The van der Waals surface area contributed by atoms with Crippen molar-refractivity contribution in [3.63, 3.8) is 0 Å². The molecule has 0 amide bonds. The number of carbonyl (C=O) groups excluding carboxylic acids is 2. The number of ether oxygens (including phenoxy) is 1. The minimum Gasteiger partial charge on any atom is -0.507 e. The zero-order chi connectivity index (χ0) is 12.9. The molecule has 17 heavy (non-hydrogen) atoms. The Kier molecular flexibility index (Phi) is 2.45. The third-order valence-electron chi connectivity index (χ3n) is 3.57. The van der Waals surface area contributed by atoms with Gasteiger partial charge in [-0.2, -0.15) is 0 Å². The van der Waals surface area contributed by atoms with Crippen molar-refractivity contribution in [2.75, 3.05) is 0 Å². The number of benzene rings is 1. The quantitative estimate of drug-likeness (QED) is 0.551. The molecular formula is C13H14O4. The molecular weight excluding hydrogens is 220 g/mol. The van der Waals surface area contributed by atoms with Gasteiger partial charge < -0.3 is 9.84 Å². The van der Waals surface area contributed by atoms with E-state index in [4.69, 9.17) is 0 Å². The number of rotatable bonds is 0. The summed E-state index contributed by atoms with van der Waals surface area (Å²) in [5, 5.41) is 10.0. The minimum absolute atomic E-state index is 0.0764. The predicted octanol–water partition coefficient (Wildman–Crippen LogP) is 2.12. The highest BCUT2D eigenvalue weighted by Crippen LogP contribution is 2.39. The Morgan fingerprint density at radius 1 is 1.06 bits per heavy atom. The number of fused-ring (bicyclic) bond motifs is 1. The molecule has 1 N–H and O–H groups in total. The summed E-state index contributed by atoms with van der Waals surface area (Å²) in [6.45, 7) is 7.13. The fourth-order valence-corrected chi connectivity index (χ4v) is 2.26. The summed E-state index contributed by atoms with van der Waals surface area (Å²) in [6, 6.07) is 0. The highest BCUT2D eigenvalue weighted by Gasteiger charge is 2.36. The molecule has 2 rings (SSSR count). The summed E-state index contributed by atoms with van der Waals surface area (Å²) in [5.74, 6) is -1.92. The molecule has 0 aliphatic carbocycles. The van der Waals surface area contributed by atoms with E-state index in [1.807, 2.05) is 13.8 Å². The normalized spacial score (nSPS) is 18.9. The summed E-state index contributed by atoms with van der Waals surface area (Å²) in [5.41, 5.74) is 3.15. The van der Waals surface area contributed by atoms with Gasteiger partial charge in [0, 0.05) is 0 Å². The number of carbonyl (C=O) groups is 2. The van der Waals surface area contributed by atoms with Gasteiger partial charge in [-0.25, -0.2) is 4.79 Å². The van der Waals surface area contributed by atoms with Crippen LogP contribution in [0.25, 0.3) is 0 Å². The Bertz CT molecular complexity index is 543. The van der Waals surface area contributed by atoms with E-state index in [1.54, 1.807) is 13.8 Å². The van der Waals surface area contributed by atoms with Gasteiger partial charge in [0.2, 0.25) is 0 Å². The fourth-order valence-electron chi connectivity index (χ4n) is 2.26. The van der Waals surface area contributed by atoms with E-state index in [0.717, 1.165) is 11.1 Å². The minimum atomic E-state index is -0.758. The Balaban J connectivity index is 2.87. The van der Waals surface area contributed by atoms with Crippen LogP contribution in [0.4, 0.5) is 0 Å². The molecule has 0 aromatic heterocycles. The van der Waals surface area contributed by atoms with Gasteiger partial charge in [0.25, 0.3) is 0 Å². The van der Waals surface area contributed by atoms with Crippen molar-refractivity contribution in [2.24, 2.45) is 0 Å². The molecule has 1 heterocycles. The maximum absolute atomic E-state index is 11.7. The fraction of sp³-hybridized carbons (Fsp3) is 0.385. The van der Waals surface area contributed by atoms with Crippen molar-refractivity contribution in [2.45, 2.75) is 33.6 Å². The van der Waals surface area contributed by atoms with Crippen LogP contribution in [0.15, 0.2) is 0 Å². The van der Waals surface area contributed by atoms with E-state index in [1.165, 1.54) is 0 Å². The Labute approximate surface area is 99.2 Å². The molecule has 1 aromatic rings. The Hall–Kier alpha value is -1.84. The maximum atomic E-state index is 11.7. The third kappa shape index (κ3) is 1.44. The average Bonchev–Trinajstić information content (AvgIpc) is 2.28. The first-order chi connectivity index (χ1) is 7.86. The topological polar surface area (TPSA) is 63.6 Å². The van der Waals surface area contributed by atoms with Gasteiger partial charge in [-0.1, -0.05) is 0 Å². The molecule has 1 aromatic carbocycles. The predicted molar refractivity (Wildman–Crippen MR) is 61.2 cm³/mol. The van der Waals surface area contributed by atoms with Gasteiger partial charge in [0.15, 0.2) is 0 Å². The number of aromatic hydroxyl groups is 1. The maximum Gasteiger partial charge on any atom is 0.349 e. The van der Waals surface area contributed by atoms with Crippen LogP contribution < -0.4 is 0 Å². The van der Waals surface area contributed by atoms with Crippen molar-refractivity contribution in [1.82, 2.24) is 0 Å². The van der Waals surface area contributed by atoms with E-state index >= 15 is 0 Å². The van der Waals surface area contributed by atoms with Crippen molar-refractivity contribution >= 4 is 11.9 Å². The van der Waals surface area contributed by atoms with Crippen LogP contribution in [-0.2, 0) is 9.53 Å². The number of hydrogen-bond acceptors (Lipinski definition) is 4. The van der Waals surface area contributed by atoms with Crippen LogP contribution in [0, 0.1) is 20.8 Å². The lowest BCUT2D eigenvalue weighted by atomic mass is 9.84. The van der Waals surface area contributed by atoms with Gasteiger partial charge in [-0.3, -0.25) is 4.79 Å². The lowest BCUT2D eigenvalue weighted by molar-refractivity contribution is -0.140. The number of phenolic OH excluding ortho intramolecular Hbond substituents is 1. The van der Waals surface area contributed by atoms with E-state index in [2.05, 4.69) is 4.74 Å². The molecule has 0 bridgehead atoms. The van der Waals surface area contributed by atoms with Gasteiger partial charge >= 0.3 is 11.9 Å². The van der Waals surface area contributed by atoms with Gasteiger partial charge in [-0.15, -0.1) is 0 Å². The molecule has 90 valence electrons. The van der Waals surface area contributed by atoms with Crippen LogP contribution in [-0.4, -0.2) is 17.0 Å². The van der Waals surface area contributed by atoms with Gasteiger partial charge in [0.1, 0.15) is 11.3 Å². The van der Waals surface area contributed by atoms with Crippen molar-refractivity contribution in [3.05, 3.63) is 27.8 Å². The molecule has 0 fully saturated rings. The zero-order valence-electron chi connectivity index (χ0n) is 10.2. The van der Waals surface area contributed by atoms with Crippen molar-refractivity contribution in [1.29, 1.82) is 0 Å². The molecule has 1 aliphatic heterocycles. The number of esters is 2. The third-order valence-corrected chi connectivity index (χ3v) is 3.57. The standard InChI is InChI=1S/C13H14O4/c1-5-6(2)9-8(4)12(15)17-13(16)10(9)11(14)7(5)3/h8,14H,1-4H3/t8-/m1/s1. The second-order valence-electron chi connectivity index (χ2n) is 4.44. The van der Waals surface area contributed by atoms with Crippen LogP contribution >= 0.6 is 0 Å². The second kappa shape index (κ2) is 3.58. The molecule has 4 nitrogen and oxygen atoms in total. The highest BCUT2D eigenvalue weighted by atomic mass is 16.6. The second-order valence-corrected chi connectivity index (χ2v) is 4.44. The Morgan fingerprint density at radius 2 is 1.65 bits per heavy atom. The summed E-state index contributed by atoms with van der Waals surface area (Å²) in [6.07, 6.45) is 0. The first-order valence-electron chi connectivity index (χ1n) is 5.44. The largest absolute Gasteiger partial charge is 0.507 e. The first kappa shape index (κ1) is 11.6. The van der Waals surface area contributed by atoms with E-state index in [0.29, 0.717) is 11.1 Å². The monoisotopic (exact) mass is 234 g/mol. The average molecular weight is 234 g/mol. The summed E-state index contributed by atoms with van der Waals surface area (Å²) >= 11 is 0. The highest BCUT2D eigenvalue weighted by molar-refractivity contribution is 6.06. The molecule has 1 aliphatic rings. The van der Waals surface area contributed by atoms with E-state index in [-0.39, 0.29) is 11.3 Å². The number of hydrogen-bond donors (Lipinski definition) is 1. The molecule has 0 radical (unpaired) electrons. The lowest BCUT2D eigenvalue weighted by Crippen LogP contribution is -2.28. The van der Waals surface area contributed by atoms with Crippen LogP contribution in [0.5, 0.6) is 5.75 Å². The van der Waals surface area contributed by atoms with Crippen LogP contribution in [0.3, 0.4) is 0 Å². The summed E-state index contributed by atoms with van der Waals surface area (Å²) in [4.78, 5) is 23.2. The molecule has 0 saturated carbocycles. The molecule has 0 unspecified atom stereocenters. The van der Waals surface area contributed by atoms with Crippen LogP contribution in [0.2, 0.25) is 0 Å². The van der Waals surface area contributed by atoms with E-state index < -0.39 is 17.9 Å². The molecule has 1 atom stereocenters. The van der Waals surface area contributed by atoms with Gasteiger partial charge in [0.05, 0.1) is 5.92 Å². The molecule has 0 spiro atoms. The van der Waals surface area contributed by atoms with Gasteiger partial charge in [-0.05, 0) is 49.9 Å². The number of cyclic esters (lactones) is 2.